The minimum atomic E-state index is 0.0591. The average Bonchev–Trinajstić information content (AvgIpc) is 2.53. The summed E-state index contributed by atoms with van der Waals surface area (Å²) in [5, 5.41) is 12.5. The van der Waals surface area contributed by atoms with Crippen LogP contribution < -0.4 is 10.2 Å². The molecular weight excluding hydrogens is 266 g/mol. The summed E-state index contributed by atoms with van der Waals surface area (Å²) in [4.78, 5) is 15.6. The van der Waals surface area contributed by atoms with E-state index < -0.39 is 0 Å². The van der Waals surface area contributed by atoms with E-state index in [1.54, 1.807) is 19.0 Å². The van der Waals surface area contributed by atoms with Crippen molar-refractivity contribution in [3.63, 3.8) is 0 Å². The number of para-hydroxylation sites is 2. The zero-order valence-electron chi connectivity index (χ0n) is 12.9. The molecule has 1 fully saturated rings. The molecular formula is C16H25N3O2. The number of aliphatic hydroxyl groups is 1. The maximum Gasteiger partial charge on any atom is 0.241 e. The van der Waals surface area contributed by atoms with Gasteiger partial charge in [-0.05, 0) is 30.9 Å². The maximum absolute atomic E-state index is 11.7. The van der Waals surface area contributed by atoms with Gasteiger partial charge < -0.3 is 20.2 Å². The molecule has 1 aromatic rings. The number of anilines is 2. The molecule has 1 aliphatic heterocycles. The number of nitrogens with zero attached hydrogens (tertiary/aromatic N) is 2. The number of piperidine rings is 1. The van der Waals surface area contributed by atoms with Crippen LogP contribution in [0, 0.1) is 5.92 Å². The van der Waals surface area contributed by atoms with Crippen molar-refractivity contribution in [2.75, 3.05) is 50.6 Å². The zero-order chi connectivity index (χ0) is 15.2. The minimum absolute atomic E-state index is 0.0591. The Hall–Kier alpha value is -1.75. The highest BCUT2D eigenvalue weighted by molar-refractivity contribution is 5.82. The maximum atomic E-state index is 11.7. The molecule has 0 aromatic heterocycles. The Morgan fingerprint density at radius 2 is 2.00 bits per heavy atom. The summed E-state index contributed by atoms with van der Waals surface area (Å²) in [6.07, 6.45) is 2.03. The van der Waals surface area contributed by atoms with Gasteiger partial charge in [-0.3, -0.25) is 4.79 Å². The van der Waals surface area contributed by atoms with Crippen LogP contribution in [0.15, 0.2) is 24.3 Å². The summed E-state index contributed by atoms with van der Waals surface area (Å²) in [5.41, 5.74) is 2.13. The number of likely N-dealkylation sites (N-methyl/N-ethyl adjacent to an activating group) is 1. The van der Waals surface area contributed by atoms with Crippen LogP contribution in [0.5, 0.6) is 0 Å². The van der Waals surface area contributed by atoms with Crippen LogP contribution in [0.3, 0.4) is 0 Å². The van der Waals surface area contributed by atoms with E-state index in [-0.39, 0.29) is 12.5 Å². The van der Waals surface area contributed by atoms with E-state index in [0.717, 1.165) is 37.3 Å². The van der Waals surface area contributed by atoms with Crippen molar-refractivity contribution >= 4 is 17.3 Å². The SMILES string of the molecule is CN(C)C(=O)CNc1ccccc1N1CCC(CO)CC1. The lowest BCUT2D eigenvalue weighted by Crippen LogP contribution is -2.35. The van der Waals surface area contributed by atoms with Crippen molar-refractivity contribution < 1.29 is 9.90 Å². The summed E-state index contributed by atoms with van der Waals surface area (Å²) in [5.74, 6) is 0.487. The van der Waals surface area contributed by atoms with E-state index in [1.807, 2.05) is 18.2 Å². The van der Waals surface area contributed by atoms with Gasteiger partial charge in [-0.25, -0.2) is 0 Å². The van der Waals surface area contributed by atoms with Gasteiger partial charge in [0.15, 0.2) is 0 Å². The lowest BCUT2D eigenvalue weighted by Gasteiger charge is -2.34. The number of nitrogens with one attached hydrogen (secondary N) is 1. The van der Waals surface area contributed by atoms with Crippen molar-refractivity contribution in [2.24, 2.45) is 5.92 Å². The van der Waals surface area contributed by atoms with Gasteiger partial charge in [-0.15, -0.1) is 0 Å². The Bertz CT molecular complexity index is 468. The number of hydrogen-bond donors (Lipinski definition) is 2. The van der Waals surface area contributed by atoms with Crippen LogP contribution in [0.2, 0.25) is 0 Å². The lowest BCUT2D eigenvalue weighted by atomic mass is 9.97. The van der Waals surface area contributed by atoms with Gasteiger partial charge >= 0.3 is 0 Å². The molecule has 21 heavy (non-hydrogen) atoms. The predicted octanol–water partition coefficient (Wildman–Crippen LogP) is 1.40. The highest BCUT2D eigenvalue weighted by Gasteiger charge is 2.20. The number of hydrogen-bond acceptors (Lipinski definition) is 4. The number of rotatable bonds is 5. The number of aliphatic hydroxyl groups excluding tert-OH is 1. The van der Waals surface area contributed by atoms with Crippen LogP contribution in [0.1, 0.15) is 12.8 Å². The number of amides is 1. The monoisotopic (exact) mass is 291 g/mol. The first-order chi connectivity index (χ1) is 10.1. The largest absolute Gasteiger partial charge is 0.396 e. The van der Waals surface area contributed by atoms with E-state index in [2.05, 4.69) is 16.3 Å². The van der Waals surface area contributed by atoms with Gasteiger partial charge in [0, 0.05) is 33.8 Å². The van der Waals surface area contributed by atoms with Crippen LogP contribution in [-0.4, -0.2) is 56.3 Å². The third-order valence-corrected chi connectivity index (χ3v) is 4.05. The van der Waals surface area contributed by atoms with Gasteiger partial charge in [0.25, 0.3) is 0 Å². The second-order valence-corrected chi connectivity index (χ2v) is 5.77. The molecule has 5 heteroatoms. The molecule has 116 valence electrons. The summed E-state index contributed by atoms with van der Waals surface area (Å²) >= 11 is 0. The summed E-state index contributed by atoms with van der Waals surface area (Å²) in [6.45, 7) is 2.49. The number of carbonyl (C=O) groups is 1. The lowest BCUT2D eigenvalue weighted by molar-refractivity contribution is -0.126. The van der Waals surface area contributed by atoms with E-state index in [1.165, 1.54) is 0 Å². The summed E-state index contributed by atoms with van der Waals surface area (Å²) in [7, 11) is 3.52. The third-order valence-electron chi connectivity index (χ3n) is 4.05. The standard InChI is InChI=1S/C16H25N3O2/c1-18(2)16(21)11-17-14-5-3-4-6-15(14)19-9-7-13(12-20)8-10-19/h3-6,13,17,20H,7-12H2,1-2H3. The molecule has 0 atom stereocenters. The molecule has 1 amide bonds. The second-order valence-electron chi connectivity index (χ2n) is 5.77. The Kier molecular flexibility index (Phi) is 5.44. The van der Waals surface area contributed by atoms with E-state index in [0.29, 0.717) is 12.5 Å². The van der Waals surface area contributed by atoms with Gasteiger partial charge in [0.05, 0.1) is 17.9 Å². The van der Waals surface area contributed by atoms with Gasteiger partial charge in [-0.1, -0.05) is 12.1 Å². The number of benzene rings is 1. The first-order valence-electron chi connectivity index (χ1n) is 7.50. The van der Waals surface area contributed by atoms with E-state index >= 15 is 0 Å². The van der Waals surface area contributed by atoms with Crippen molar-refractivity contribution in [1.82, 2.24) is 4.90 Å². The third kappa shape index (κ3) is 4.11. The van der Waals surface area contributed by atoms with Crippen molar-refractivity contribution in [3.8, 4) is 0 Å². The molecule has 0 aliphatic carbocycles. The Morgan fingerprint density at radius 3 is 2.62 bits per heavy atom. The zero-order valence-corrected chi connectivity index (χ0v) is 12.9. The highest BCUT2D eigenvalue weighted by Crippen LogP contribution is 2.29. The van der Waals surface area contributed by atoms with Crippen molar-refractivity contribution in [2.45, 2.75) is 12.8 Å². The fourth-order valence-electron chi connectivity index (χ4n) is 2.58. The average molecular weight is 291 g/mol. The molecule has 1 saturated heterocycles. The first kappa shape index (κ1) is 15.6. The molecule has 0 bridgehead atoms. The second kappa shape index (κ2) is 7.31. The summed E-state index contributed by atoms with van der Waals surface area (Å²) < 4.78 is 0. The van der Waals surface area contributed by atoms with Gasteiger partial charge in [0.2, 0.25) is 5.91 Å². The smallest absolute Gasteiger partial charge is 0.241 e. The quantitative estimate of drug-likeness (QED) is 0.861. The molecule has 1 aromatic carbocycles. The van der Waals surface area contributed by atoms with E-state index in [4.69, 9.17) is 0 Å². The van der Waals surface area contributed by atoms with Crippen LogP contribution in [0.4, 0.5) is 11.4 Å². The Balaban J connectivity index is 2.02. The Labute approximate surface area is 126 Å². The van der Waals surface area contributed by atoms with Crippen LogP contribution in [0.25, 0.3) is 0 Å². The molecule has 5 nitrogen and oxygen atoms in total. The van der Waals surface area contributed by atoms with E-state index in [9.17, 15) is 9.90 Å². The number of carbonyl (C=O) groups excluding carboxylic acids is 1. The van der Waals surface area contributed by atoms with Crippen LogP contribution in [-0.2, 0) is 4.79 Å². The molecule has 1 aliphatic rings. The molecule has 1 heterocycles. The van der Waals surface area contributed by atoms with Gasteiger partial charge in [-0.2, -0.15) is 0 Å². The molecule has 0 spiro atoms. The summed E-state index contributed by atoms with van der Waals surface area (Å²) in [6, 6.07) is 8.09. The topological polar surface area (TPSA) is 55.8 Å². The Morgan fingerprint density at radius 1 is 1.33 bits per heavy atom. The highest BCUT2D eigenvalue weighted by atomic mass is 16.3. The molecule has 0 unspecified atom stereocenters. The van der Waals surface area contributed by atoms with Crippen molar-refractivity contribution in [3.05, 3.63) is 24.3 Å². The molecule has 0 radical (unpaired) electrons. The van der Waals surface area contributed by atoms with Crippen molar-refractivity contribution in [1.29, 1.82) is 0 Å². The predicted molar refractivity (Wildman–Crippen MR) is 85.6 cm³/mol. The minimum Gasteiger partial charge on any atom is -0.396 e. The molecule has 2 rings (SSSR count). The van der Waals surface area contributed by atoms with Gasteiger partial charge in [0.1, 0.15) is 0 Å². The fraction of sp³-hybridized carbons (Fsp3) is 0.562. The van der Waals surface area contributed by atoms with Crippen LogP contribution >= 0.6 is 0 Å². The normalized spacial score (nSPS) is 15.9. The molecule has 2 N–H and O–H groups in total. The molecule has 0 saturated carbocycles. The fourth-order valence-corrected chi connectivity index (χ4v) is 2.58. The first-order valence-corrected chi connectivity index (χ1v) is 7.50.